The van der Waals surface area contributed by atoms with Crippen molar-refractivity contribution >= 4 is 23.1 Å². The second-order valence-electron chi connectivity index (χ2n) is 4.25. The summed E-state index contributed by atoms with van der Waals surface area (Å²) in [5, 5.41) is 24.0. The van der Waals surface area contributed by atoms with Crippen LogP contribution in [-0.4, -0.2) is 47.1 Å². The fourth-order valence-corrected chi connectivity index (χ4v) is 1.85. The summed E-state index contributed by atoms with van der Waals surface area (Å²) >= 11 is 0. The van der Waals surface area contributed by atoms with Crippen molar-refractivity contribution in [2.24, 2.45) is 0 Å². The number of amides is 2. The first kappa shape index (κ1) is 14.7. The van der Waals surface area contributed by atoms with Crippen molar-refractivity contribution < 1.29 is 19.4 Å². The number of non-ortho nitro benzene ring substituents is 1. The van der Waals surface area contributed by atoms with Gasteiger partial charge in [-0.15, -0.1) is 0 Å². The lowest BCUT2D eigenvalue weighted by atomic mass is 10.2. The monoisotopic (exact) mass is 296 g/mol. The number of nitrogens with one attached hydrogen (secondary N) is 1. The second kappa shape index (κ2) is 6.13. The van der Waals surface area contributed by atoms with E-state index in [1.54, 1.807) is 0 Å². The fraction of sp³-hybridized carbons (Fsp3) is 0.364. The van der Waals surface area contributed by atoms with Crippen molar-refractivity contribution in [2.75, 3.05) is 31.6 Å². The molecule has 2 amide bonds. The van der Waals surface area contributed by atoms with E-state index in [1.807, 2.05) is 0 Å². The van der Waals surface area contributed by atoms with Gasteiger partial charge in [0.2, 0.25) is 0 Å². The number of morpholine rings is 1. The number of benzene rings is 1. The van der Waals surface area contributed by atoms with Crippen LogP contribution in [0.3, 0.4) is 0 Å². The molecule has 0 aliphatic carbocycles. The smallest absolute Gasteiger partial charge is 0.322 e. The molecule has 1 aliphatic rings. The van der Waals surface area contributed by atoms with Crippen molar-refractivity contribution in [1.82, 2.24) is 4.90 Å². The van der Waals surface area contributed by atoms with Gasteiger partial charge in [-0.25, -0.2) is 4.79 Å². The number of rotatable bonds is 3. The molecule has 0 atom stereocenters. The zero-order chi connectivity index (χ0) is 15.4. The SMILES string of the molecule is O=C(Nc1ccc([N+](=O)[O-])cc1[N+](=O)[O-])N1CCOCC1. The van der Waals surface area contributed by atoms with E-state index in [1.165, 1.54) is 4.90 Å². The number of carbonyl (C=O) groups excluding carboxylic acids is 1. The Hall–Kier alpha value is -2.75. The molecule has 1 fully saturated rings. The second-order valence-corrected chi connectivity index (χ2v) is 4.25. The van der Waals surface area contributed by atoms with Gasteiger partial charge in [-0.1, -0.05) is 0 Å². The first-order valence-corrected chi connectivity index (χ1v) is 6.05. The molecule has 21 heavy (non-hydrogen) atoms. The van der Waals surface area contributed by atoms with Crippen LogP contribution in [0.25, 0.3) is 0 Å². The maximum absolute atomic E-state index is 12.0. The van der Waals surface area contributed by atoms with Gasteiger partial charge in [0.25, 0.3) is 11.4 Å². The van der Waals surface area contributed by atoms with Gasteiger partial charge in [-0.05, 0) is 6.07 Å². The summed E-state index contributed by atoms with van der Waals surface area (Å²) in [7, 11) is 0. The van der Waals surface area contributed by atoms with Crippen molar-refractivity contribution in [3.63, 3.8) is 0 Å². The van der Waals surface area contributed by atoms with Gasteiger partial charge in [0.15, 0.2) is 0 Å². The molecule has 1 saturated heterocycles. The van der Waals surface area contributed by atoms with Gasteiger partial charge in [0.1, 0.15) is 5.69 Å². The predicted octanol–water partition coefficient (Wildman–Crippen LogP) is 1.37. The third kappa shape index (κ3) is 3.42. The van der Waals surface area contributed by atoms with Crippen molar-refractivity contribution in [2.45, 2.75) is 0 Å². The Kier molecular flexibility index (Phi) is 4.28. The Labute approximate surface area is 118 Å². The average molecular weight is 296 g/mol. The molecule has 1 N–H and O–H groups in total. The zero-order valence-electron chi connectivity index (χ0n) is 10.9. The lowest BCUT2D eigenvalue weighted by Gasteiger charge is -2.26. The molecular weight excluding hydrogens is 284 g/mol. The van der Waals surface area contributed by atoms with Crippen LogP contribution < -0.4 is 5.32 Å². The van der Waals surface area contributed by atoms with Crippen LogP contribution in [0.1, 0.15) is 0 Å². The number of carbonyl (C=O) groups is 1. The van der Waals surface area contributed by atoms with Crippen LogP contribution in [0.15, 0.2) is 18.2 Å². The minimum absolute atomic E-state index is 0.0814. The molecule has 0 radical (unpaired) electrons. The molecule has 0 unspecified atom stereocenters. The summed E-state index contributed by atoms with van der Waals surface area (Å²) < 4.78 is 5.10. The lowest BCUT2D eigenvalue weighted by Crippen LogP contribution is -2.43. The van der Waals surface area contributed by atoms with E-state index in [9.17, 15) is 25.0 Å². The van der Waals surface area contributed by atoms with Gasteiger partial charge in [0, 0.05) is 19.2 Å². The molecule has 10 heteroatoms. The molecule has 2 rings (SSSR count). The highest BCUT2D eigenvalue weighted by atomic mass is 16.6. The molecule has 0 aromatic heterocycles. The van der Waals surface area contributed by atoms with Gasteiger partial charge in [-0.3, -0.25) is 20.2 Å². The molecule has 0 bridgehead atoms. The summed E-state index contributed by atoms with van der Waals surface area (Å²) in [6.45, 7) is 1.56. The number of nitro groups is 2. The average Bonchev–Trinajstić information content (AvgIpc) is 2.48. The Bertz CT molecular complexity index is 584. The van der Waals surface area contributed by atoms with Crippen LogP contribution in [0, 0.1) is 20.2 Å². The molecule has 0 spiro atoms. The number of hydrogen-bond acceptors (Lipinski definition) is 6. The minimum atomic E-state index is -0.776. The molecule has 1 aliphatic heterocycles. The summed E-state index contributed by atoms with van der Waals surface area (Å²) in [5.41, 5.74) is -1.01. The number of urea groups is 1. The molecule has 112 valence electrons. The molecule has 0 saturated carbocycles. The summed E-state index contributed by atoms with van der Waals surface area (Å²) in [4.78, 5) is 33.5. The molecule has 1 aromatic rings. The normalized spacial score (nSPS) is 14.6. The quantitative estimate of drug-likeness (QED) is 0.662. The highest BCUT2D eigenvalue weighted by Gasteiger charge is 2.23. The van der Waals surface area contributed by atoms with E-state index in [-0.39, 0.29) is 5.69 Å². The number of ether oxygens (including phenoxy) is 1. The number of nitrogens with zero attached hydrogens (tertiary/aromatic N) is 3. The Balaban J connectivity index is 2.20. The lowest BCUT2D eigenvalue weighted by molar-refractivity contribution is -0.393. The van der Waals surface area contributed by atoms with Gasteiger partial charge >= 0.3 is 6.03 Å². The summed E-state index contributed by atoms with van der Waals surface area (Å²) in [5.74, 6) is 0. The van der Waals surface area contributed by atoms with Crippen molar-refractivity contribution in [1.29, 1.82) is 0 Å². The van der Waals surface area contributed by atoms with Crippen LogP contribution in [0.2, 0.25) is 0 Å². The molecule has 1 aromatic carbocycles. The maximum atomic E-state index is 12.0. The Morgan fingerprint density at radius 2 is 1.86 bits per heavy atom. The fourth-order valence-electron chi connectivity index (χ4n) is 1.85. The molecule has 1 heterocycles. The van der Waals surface area contributed by atoms with Gasteiger partial charge in [-0.2, -0.15) is 0 Å². The Morgan fingerprint density at radius 1 is 1.19 bits per heavy atom. The van der Waals surface area contributed by atoms with Crippen LogP contribution in [-0.2, 0) is 4.74 Å². The van der Waals surface area contributed by atoms with E-state index in [0.717, 1.165) is 18.2 Å². The molecular formula is C11H12N4O6. The van der Waals surface area contributed by atoms with Gasteiger partial charge < -0.3 is 15.0 Å². The first-order valence-electron chi connectivity index (χ1n) is 6.05. The van der Waals surface area contributed by atoms with Crippen LogP contribution in [0.5, 0.6) is 0 Å². The number of anilines is 1. The minimum Gasteiger partial charge on any atom is -0.378 e. The van der Waals surface area contributed by atoms with E-state index < -0.39 is 27.3 Å². The van der Waals surface area contributed by atoms with Crippen LogP contribution in [0.4, 0.5) is 21.9 Å². The summed E-state index contributed by atoms with van der Waals surface area (Å²) in [6.07, 6.45) is 0. The topological polar surface area (TPSA) is 128 Å². The van der Waals surface area contributed by atoms with Crippen molar-refractivity contribution in [3.05, 3.63) is 38.4 Å². The number of hydrogen-bond donors (Lipinski definition) is 1. The van der Waals surface area contributed by atoms with Gasteiger partial charge in [0.05, 0.1) is 29.1 Å². The van der Waals surface area contributed by atoms with E-state index in [2.05, 4.69) is 5.32 Å². The maximum Gasteiger partial charge on any atom is 0.322 e. The highest BCUT2D eigenvalue weighted by molar-refractivity contribution is 5.92. The Morgan fingerprint density at radius 3 is 2.43 bits per heavy atom. The first-order chi connectivity index (χ1) is 9.99. The summed E-state index contributed by atoms with van der Waals surface area (Å²) in [6, 6.07) is 2.56. The standard InChI is InChI=1S/C11H12N4O6/c16-11(13-3-5-21-6-4-13)12-9-2-1-8(14(17)18)7-10(9)15(19)20/h1-2,7H,3-6H2,(H,12,16). The number of nitro benzene ring substituents is 2. The van der Waals surface area contributed by atoms with Crippen molar-refractivity contribution in [3.8, 4) is 0 Å². The predicted molar refractivity (Wildman–Crippen MR) is 71.2 cm³/mol. The van der Waals surface area contributed by atoms with E-state index in [0.29, 0.717) is 26.3 Å². The molecule has 10 nitrogen and oxygen atoms in total. The van der Waals surface area contributed by atoms with E-state index in [4.69, 9.17) is 4.74 Å². The van der Waals surface area contributed by atoms with Crippen LogP contribution >= 0.6 is 0 Å². The third-order valence-electron chi connectivity index (χ3n) is 2.93. The largest absolute Gasteiger partial charge is 0.378 e. The zero-order valence-corrected chi connectivity index (χ0v) is 10.9. The third-order valence-corrected chi connectivity index (χ3v) is 2.93. The highest BCUT2D eigenvalue weighted by Crippen LogP contribution is 2.29. The van der Waals surface area contributed by atoms with E-state index >= 15 is 0 Å².